The molecule has 1 aliphatic heterocycles. The molecule has 0 saturated heterocycles. The lowest BCUT2D eigenvalue weighted by molar-refractivity contribution is 0.489. The molecule has 0 unspecified atom stereocenters. The molecule has 2 heteroatoms. The first-order valence-corrected chi connectivity index (χ1v) is 18.4. The topological polar surface area (TPSA) is 12.5 Å². The number of fused-ring (bicyclic) bond motifs is 8. The van der Waals surface area contributed by atoms with Crippen molar-refractivity contribution in [1.82, 2.24) is 0 Å². The van der Waals surface area contributed by atoms with Crippen LogP contribution in [0.2, 0.25) is 0 Å². The highest BCUT2D eigenvalue weighted by atomic mass is 16.5. The predicted molar refractivity (Wildman–Crippen MR) is 221 cm³/mol. The lowest BCUT2D eigenvalue weighted by Gasteiger charge is -2.30. The summed E-state index contributed by atoms with van der Waals surface area (Å²) in [5, 5.41) is 0. The Morgan fingerprint density at radius 2 is 0.962 bits per heavy atom. The van der Waals surface area contributed by atoms with Crippen LogP contribution in [0.1, 0.15) is 25.0 Å². The average Bonchev–Trinajstić information content (AvgIpc) is 3.34. The molecule has 0 aromatic heterocycles. The normalized spacial score (nSPS) is 13.0. The second-order valence-electron chi connectivity index (χ2n) is 14.5. The van der Waals surface area contributed by atoms with Crippen molar-refractivity contribution in [1.29, 1.82) is 0 Å². The number of ether oxygens (including phenoxy) is 1. The lowest BCUT2D eigenvalue weighted by Crippen LogP contribution is -2.17. The van der Waals surface area contributed by atoms with Crippen LogP contribution >= 0.6 is 0 Å². The van der Waals surface area contributed by atoms with Gasteiger partial charge in [-0.05, 0) is 86.5 Å². The van der Waals surface area contributed by atoms with Gasteiger partial charge in [0, 0.05) is 33.5 Å². The fraction of sp³-hybridized carbons (Fsp3) is 0.0588. The van der Waals surface area contributed by atoms with Gasteiger partial charge >= 0.3 is 0 Å². The van der Waals surface area contributed by atoms with Crippen molar-refractivity contribution in [3.63, 3.8) is 0 Å². The van der Waals surface area contributed by atoms with Crippen molar-refractivity contribution in [3.8, 4) is 67.1 Å². The Bertz CT molecular complexity index is 2660. The van der Waals surface area contributed by atoms with E-state index < -0.39 is 0 Å². The van der Waals surface area contributed by atoms with E-state index in [1.54, 1.807) is 0 Å². The van der Waals surface area contributed by atoms with Gasteiger partial charge in [0.25, 0.3) is 0 Å². The van der Waals surface area contributed by atoms with Crippen LogP contribution in [-0.4, -0.2) is 0 Å². The summed E-state index contributed by atoms with van der Waals surface area (Å²) in [6.45, 7) is 4.70. The zero-order chi connectivity index (χ0) is 35.5. The number of anilines is 3. The van der Waals surface area contributed by atoms with E-state index in [1.807, 2.05) is 0 Å². The molecule has 252 valence electrons. The molecule has 0 radical (unpaired) electrons. The van der Waals surface area contributed by atoms with Crippen LogP contribution in [0.15, 0.2) is 188 Å². The van der Waals surface area contributed by atoms with E-state index in [1.165, 1.54) is 33.4 Å². The van der Waals surface area contributed by atoms with Gasteiger partial charge < -0.3 is 9.64 Å². The molecule has 0 atom stereocenters. The third kappa shape index (κ3) is 5.02. The standard InChI is InChI=1S/C51H37NO/c1-51(2)45-24-12-11-20-41(45)42-32-31-38(33-46(42)51)52(37-29-27-35(28-30-37)34-15-5-3-6-16-34)47-25-14-26-48-49(47)43-21-10-9-19-40(43)44-23-13-22-39(50(44)53-48)36-17-7-4-8-18-36/h3-33H,1-2H3. The van der Waals surface area contributed by atoms with Crippen LogP contribution in [0.25, 0.3) is 55.6 Å². The molecule has 1 heterocycles. The van der Waals surface area contributed by atoms with Crippen LogP contribution in [0.4, 0.5) is 17.1 Å². The summed E-state index contributed by atoms with van der Waals surface area (Å²) in [6, 6.07) is 67.7. The molecule has 0 spiro atoms. The summed E-state index contributed by atoms with van der Waals surface area (Å²) < 4.78 is 7.13. The van der Waals surface area contributed by atoms with E-state index in [0.717, 1.165) is 61.9 Å². The fourth-order valence-corrected chi connectivity index (χ4v) is 8.50. The second-order valence-corrected chi connectivity index (χ2v) is 14.5. The molecule has 2 nitrogen and oxygen atoms in total. The average molecular weight is 680 g/mol. The third-order valence-electron chi connectivity index (χ3n) is 11.1. The molecule has 0 fully saturated rings. The van der Waals surface area contributed by atoms with Gasteiger partial charge in [0.1, 0.15) is 11.5 Å². The van der Waals surface area contributed by atoms with E-state index in [2.05, 4.69) is 207 Å². The smallest absolute Gasteiger partial charge is 0.143 e. The van der Waals surface area contributed by atoms with Gasteiger partial charge in [-0.3, -0.25) is 0 Å². The first-order chi connectivity index (χ1) is 26.1. The number of para-hydroxylation sites is 1. The summed E-state index contributed by atoms with van der Waals surface area (Å²) in [6.07, 6.45) is 0. The molecule has 2 aliphatic rings. The van der Waals surface area contributed by atoms with Gasteiger partial charge in [-0.25, -0.2) is 0 Å². The zero-order valence-electron chi connectivity index (χ0n) is 29.8. The molecule has 1 aliphatic carbocycles. The fourth-order valence-electron chi connectivity index (χ4n) is 8.50. The molecule has 0 amide bonds. The summed E-state index contributed by atoms with van der Waals surface area (Å²) in [5.74, 6) is 1.70. The van der Waals surface area contributed by atoms with E-state index in [-0.39, 0.29) is 5.41 Å². The van der Waals surface area contributed by atoms with Crippen molar-refractivity contribution in [2.24, 2.45) is 0 Å². The van der Waals surface area contributed by atoms with Gasteiger partial charge in [-0.15, -0.1) is 0 Å². The van der Waals surface area contributed by atoms with Gasteiger partial charge in [0.2, 0.25) is 0 Å². The van der Waals surface area contributed by atoms with Crippen LogP contribution in [0.5, 0.6) is 11.5 Å². The predicted octanol–water partition coefficient (Wildman–Crippen LogP) is 14.2. The van der Waals surface area contributed by atoms with Crippen LogP contribution in [-0.2, 0) is 5.41 Å². The number of nitrogens with zero attached hydrogens (tertiary/aromatic N) is 1. The van der Waals surface area contributed by atoms with Gasteiger partial charge in [-0.1, -0.05) is 166 Å². The number of rotatable bonds is 5. The third-order valence-corrected chi connectivity index (χ3v) is 11.1. The Balaban J connectivity index is 1.20. The molecule has 8 aromatic rings. The molecule has 10 rings (SSSR count). The summed E-state index contributed by atoms with van der Waals surface area (Å²) in [4.78, 5) is 2.42. The van der Waals surface area contributed by atoms with E-state index in [0.29, 0.717) is 0 Å². The maximum atomic E-state index is 7.13. The van der Waals surface area contributed by atoms with Crippen LogP contribution < -0.4 is 9.64 Å². The van der Waals surface area contributed by atoms with Crippen molar-refractivity contribution >= 4 is 17.1 Å². The van der Waals surface area contributed by atoms with Crippen molar-refractivity contribution in [2.75, 3.05) is 4.90 Å². The van der Waals surface area contributed by atoms with E-state index in [9.17, 15) is 0 Å². The lowest BCUT2D eigenvalue weighted by atomic mass is 9.82. The van der Waals surface area contributed by atoms with Crippen LogP contribution in [0, 0.1) is 0 Å². The second kappa shape index (κ2) is 12.3. The van der Waals surface area contributed by atoms with E-state index >= 15 is 0 Å². The zero-order valence-corrected chi connectivity index (χ0v) is 29.8. The summed E-state index contributed by atoms with van der Waals surface area (Å²) >= 11 is 0. The maximum absolute atomic E-state index is 7.13. The summed E-state index contributed by atoms with van der Waals surface area (Å²) in [5.41, 5.74) is 17.5. The molecule has 0 N–H and O–H groups in total. The molecule has 53 heavy (non-hydrogen) atoms. The SMILES string of the molecule is CC1(C)c2ccccc2-c2ccc(N(c3ccc(-c4ccccc4)cc3)c3cccc4c3-c3ccccc3-c3cccc(-c5ccccc5)c3O4)cc21. The van der Waals surface area contributed by atoms with Gasteiger partial charge in [0.05, 0.1) is 5.69 Å². The quantitative estimate of drug-likeness (QED) is 0.180. The molecule has 0 saturated carbocycles. The maximum Gasteiger partial charge on any atom is 0.143 e. The number of hydrogen-bond donors (Lipinski definition) is 0. The Labute approximate surface area is 311 Å². The van der Waals surface area contributed by atoms with Crippen molar-refractivity contribution in [3.05, 3.63) is 199 Å². The van der Waals surface area contributed by atoms with Gasteiger partial charge in [-0.2, -0.15) is 0 Å². The minimum atomic E-state index is -0.135. The van der Waals surface area contributed by atoms with Crippen molar-refractivity contribution < 1.29 is 4.74 Å². The summed E-state index contributed by atoms with van der Waals surface area (Å²) in [7, 11) is 0. The Hall–Kier alpha value is -6.64. The minimum absolute atomic E-state index is 0.135. The first kappa shape index (κ1) is 31.1. The molecular weight excluding hydrogens is 643 g/mol. The molecule has 0 bridgehead atoms. The molecular formula is C51H37NO. The van der Waals surface area contributed by atoms with Crippen LogP contribution in [0.3, 0.4) is 0 Å². The minimum Gasteiger partial charge on any atom is -0.455 e. The Morgan fingerprint density at radius 3 is 1.74 bits per heavy atom. The monoisotopic (exact) mass is 679 g/mol. The highest BCUT2D eigenvalue weighted by molar-refractivity contribution is 6.01. The number of hydrogen-bond acceptors (Lipinski definition) is 2. The highest BCUT2D eigenvalue weighted by Crippen LogP contribution is 2.56. The van der Waals surface area contributed by atoms with Gasteiger partial charge in [0.15, 0.2) is 0 Å². The molecule has 8 aromatic carbocycles. The highest BCUT2D eigenvalue weighted by Gasteiger charge is 2.36. The largest absolute Gasteiger partial charge is 0.455 e. The van der Waals surface area contributed by atoms with Crippen molar-refractivity contribution in [2.45, 2.75) is 19.3 Å². The Morgan fingerprint density at radius 1 is 0.396 bits per heavy atom. The number of benzene rings is 8. The van der Waals surface area contributed by atoms with E-state index in [4.69, 9.17) is 4.74 Å². The first-order valence-electron chi connectivity index (χ1n) is 18.4. The Kier molecular flexibility index (Phi) is 7.19.